The third kappa shape index (κ3) is 4.47. The number of nitrogens with two attached hydrogens (primary N) is 1. The lowest BCUT2D eigenvalue weighted by molar-refractivity contribution is 0.398. The minimum Gasteiger partial charge on any atom is -0.481 e. The van der Waals surface area contributed by atoms with E-state index < -0.39 is 0 Å². The van der Waals surface area contributed by atoms with Gasteiger partial charge in [-0.3, -0.25) is 8.96 Å². The molecule has 30 heavy (non-hydrogen) atoms. The van der Waals surface area contributed by atoms with Crippen LogP contribution >= 0.6 is 30.3 Å². The van der Waals surface area contributed by atoms with Crippen LogP contribution in [0.3, 0.4) is 0 Å². The maximum absolute atomic E-state index is 5.95. The van der Waals surface area contributed by atoms with Crippen molar-refractivity contribution in [3.8, 4) is 17.0 Å². The van der Waals surface area contributed by atoms with Gasteiger partial charge in [-0.05, 0) is 38.1 Å². The SMILES string of the molecule is COc1ccc(-c2cn(SI)c3ncc(/C(C=NC4CCNCC4)=C/N)cc23)cn1. The number of rotatable bonds is 6. The van der Waals surface area contributed by atoms with E-state index in [4.69, 9.17) is 20.4 Å². The molecule has 1 saturated heterocycles. The van der Waals surface area contributed by atoms with Gasteiger partial charge < -0.3 is 15.8 Å². The lowest BCUT2D eigenvalue weighted by Crippen LogP contribution is -2.29. The number of halogens is 1. The summed E-state index contributed by atoms with van der Waals surface area (Å²) in [4.78, 5) is 13.8. The fourth-order valence-electron chi connectivity index (χ4n) is 3.54. The van der Waals surface area contributed by atoms with Crippen molar-refractivity contribution in [1.29, 1.82) is 0 Å². The quantitative estimate of drug-likeness (QED) is 0.366. The molecule has 1 aliphatic heterocycles. The molecule has 0 saturated carbocycles. The first-order chi connectivity index (χ1) is 14.7. The van der Waals surface area contributed by atoms with Crippen LogP contribution in [0.5, 0.6) is 5.88 Å². The molecule has 3 aromatic heterocycles. The average molecular weight is 534 g/mol. The van der Waals surface area contributed by atoms with Gasteiger partial charge in [0.05, 0.1) is 13.2 Å². The van der Waals surface area contributed by atoms with Gasteiger partial charge in [0, 0.05) is 95.0 Å². The molecule has 9 heteroatoms. The number of hydrogen-bond donors (Lipinski definition) is 2. The molecule has 0 amide bonds. The van der Waals surface area contributed by atoms with Gasteiger partial charge >= 0.3 is 0 Å². The predicted molar refractivity (Wildman–Crippen MR) is 133 cm³/mol. The molecule has 1 fully saturated rings. The number of aromatic nitrogens is 3. The molecule has 1 aliphatic rings. The number of allylic oxidation sites excluding steroid dienone is 1. The van der Waals surface area contributed by atoms with E-state index in [0.29, 0.717) is 11.9 Å². The number of methoxy groups -OCH3 is 1. The minimum atomic E-state index is 0.343. The molecule has 3 aromatic rings. The summed E-state index contributed by atoms with van der Waals surface area (Å²) in [5.41, 5.74) is 10.7. The van der Waals surface area contributed by atoms with Crippen LogP contribution in [0, 0.1) is 0 Å². The highest BCUT2D eigenvalue weighted by Crippen LogP contribution is 2.35. The van der Waals surface area contributed by atoms with Crippen molar-refractivity contribution in [3.63, 3.8) is 0 Å². The van der Waals surface area contributed by atoms with Gasteiger partial charge in [0.1, 0.15) is 0 Å². The van der Waals surface area contributed by atoms with Gasteiger partial charge in [-0.1, -0.05) is 0 Å². The molecular weight excluding hydrogens is 511 g/mol. The van der Waals surface area contributed by atoms with Crippen LogP contribution in [0.25, 0.3) is 27.7 Å². The molecule has 7 nitrogen and oxygen atoms in total. The van der Waals surface area contributed by atoms with Crippen molar-refractivity contribution in [2.24, 2.45) is 10.7 Å². The predicted octanol–water partition coefficient (Wildman–Crippen LogP) is 4.08. The zero-order valence-corrected chi connectivity index (χ0v) is 19.6. The molecule has 156 valence electrons. The maximum atomic E-state index is 5.95. The van der Waals surface area contributed by atoms with Gasteiger partial charge in [0.15, 0.2) is 5.65 Å². The van der Waals surface area contributed by atoms with Crippen LogP contribution in [-0.4, -0.2) is 46.4 Å². The molecule has 4 heterocycles. The lowest BCUT2D eigenvalue weighted by Gasteiger charge is -2.18. The summed E-state index contributed by atoms with van der Waals surface area (Å²) in [5, 5.41) is 4.40. The number of aliphatic imine (C=N–C) groups is 1. The summed E-state index contributed by atoms with van der Waals surface area (Å²) in [7, 11) is 3.19. The molecule has 3 N–H and O–H groups in total. The largest absolute Gasteiger partial charge is 0.481 e. The van der Waals surface area contributed by atoms with Crippen LogP contribution in [0.15, 0.2) is 48.0 Å². The van der Waals surface area contributed by atoms with E-state index >= 15 is 0 Å². The van der Waals surface area contributed by atoms with Gasteiger partial charge in [-0.15, -0.1) is 0 Å². The summed E-state index contributed by atoms with van der Waals surface area (Å²) in [6.45, 7) is 2.02. The molecule has 0 radical (unpaired) electrons. The number of nitrogens with one attached hydrogen (secondary N) is 1. The highest BCUT2D eigenvalue weighted by Gasteiger charge is 2.15. The van der Waals surface area contributed by atoms with E-state index in [9.17, 15) is 0 Å². The Hall–Kier alpha value is -2.11. The second kappa shape index (κ2) is 9.80. The smallest absolute Gasteiger partial charge is 0.212 e. The van der Waals surface area contributed by atoms with Crippen LogP contribution in [0.4, 0.5) is 0 Å². The molecule has 0 atom stereocenters. The zero-order valence-electron chi connectivity index (χ0n) is 16.6. The first kappa shape index (κ1) is 21.1. The highest BCUT2D eigenvalue weighted by atomic mass is 127. The number of fused-ring (bicyclic) bond motifs is 1. The number of pyridine rings is 2. The van der Waals surface area contributed by atoms with Gasteiger partial charge in [-0.2, -0.15) is 0 Å². The van der Waals surface area contributed by atoms with E-state index in [-0.39, 0.29) is 0 Å². The zero-order chi connectivity index (χ0) is 20.9. The molecule has 0 bridgehead atoms. The third-order valence-corrected chi connectivity index (χ3v) is 6.89. The lowest BCUT2D eigenvalue weighted by atomic mass is 10.0. The second-order valence-corrected chi connectivity index (χ2v) is 8.72. The maximum Gasteiger partial charge on any atom is 0.212 e. The van der Waals surface area contributed by atoms with E-state index in [0.717, 1.165) is 59.2 Å². The van der Waals surface area contributed by atoms with E-state index in [1.54, 1.807) is 22.4 Å². The Bertz CT molecular complexity index is 1070. The van der Waals surface area contributed by atoms with Crippen LogP contribution in [0.1, 0.15) is 18.4 Å². The van der Waals surface area contributed by atoms with Crippen LogP contribution in [-0.2, 0) is 0 Å². The Morgan fingerprint density at radius 1 is 1.33 bits per heavy atom. The molecule has 0 unspecified atom stereocenters. The standard InChI is InChI=1S/C21H23IN6OS/c1-29-20-3-2-14(10-26-20)19-13-28(30-22)21-18(19)8-15(11-27-21)16(9-23)12-25-17-4-6-24-7-5-17/h2-3,8-13,17,24H,4-7,23H2,1H3/b16-9+,25-12?. The van der Waals surface area contributed by atoms with Crippen LogP contribution < -0.4 is 15.8 Å². The third-order valence-electron chi connectivity index (χ3n) is 5.19. The minimum absolute atomic E-state index is 0.343. The number of piperidine rings is 1. The monoisotopic (exact) mass is 534 g/mol. The molecule has 0 aromatic carbocycles. The summed E-state index contributed by atoms with van der Waals surface area (Å²) < 4.78 is 7.24. The summed E-state index contributed by atoms with van der Waals surface area (Å²) in [6.07, 6.45) is 11.3. The molecule has 0 spiro atoms. The molecule has 0 aliphatic carbocycles. The topological polar surface area (TPSA) is 90.3 Å². The normalized spacial score (nSPS) is 15.9. The van der Waals surface area contributed by atoms with E-state index in [1.165, 1.54) is 0 Å². The highest BCUT2D eigenvalue weighted by molar-refractivity contribution is 14.2. The fraction of sp³-hybridized carbons (Fsp3) is 0.286. The Balaban J connectivity index is 1.71. The summed E-state index contributed by atoms with van der Waals surface area (Å²) >= 11 is 2.26. The first-order valence-corrected chi connectivity index (χ1v) is 13.0. The van der Waals surface area contributed by atoms with Crippen molar-refractivity contribution in [1.82, 2.24) is 19.3 Å². The van der Waals surface area contributed by atoms with E-state index in [1.807, 2.05) is 34.7 Å². The Morgan fingerprint density at radius 2 is 2.17 bits per heavy atom. The number of ether oxygens (including phenoxy) is 1. The number of hydrogen-bond acceptors (Lipinski definition) is 7. The van der Waals surface area contributed by atoms with Crippen molar-refractivity contribution >= 4 is 53.1 Å². The Labute approximate surface area is 191 Å². The number of nitrogens with zero attached hydrogens (tertiary/aromatic N) is 4. The van der Waals surface area contributed by atoms with E-state index in [2.05, 4.69) is 43.8 Å². The van der Waals surface area contributed by atoms with Gasteiger partial charge in [0.25, 0.3) is 0 Å². The van der Waals surface area contributed by atoms with Gasteiger partial charge in [-0.25, -0.2) is 9.97 Å². The van der Waals surface area contributed by atoms with Crippen molar-refractivity contribution in [3.05, 3.63) is 48.6 Å². The summed E-state index contributed by atoms with van der Waals surface area (Å²) in [5.74, 6) is 0.590. The van der Waals surface area contributed by atoms with Crippen LogP contribution in [0.2, 0.25) is 0 Å². The fourth-order valence-corrected chi connectivity index (χ4v) is 4.79. The van der Waals surface area contributed by atoms with Crippen molar-refractivity contribution < 1.29 is 4.74 Å². The molecular formula is C21H23IN6OS. The van der Waals surface area contributed by atoms with Crippen molar-refractivity contribution in [2.75, 3.05) is 20.2 Å². The second-order valence-electron chi connectivity index (χ2n) is 7.00. The van der Waals surface area contributed by atoms with Gasteiger partial charge in [0.2, 0.25) is 5.88 Å². The Morgan fingerprint density at radius 3 is 2.83 bits per heavy atom. The Kier molecular flexibility index (Phi) is 6.90. The van der Waals surface area contributed by atoms with Crippen molar-refractivity contribution in [2.45, 2.75) is 18.9 Å². The first-order valence-electron chi connectivity index (χ1n) is 9.70. The average Bonchev–Trinajstić information content (AvgIpc) is 3.18. The molecule has 4 rings (SSSR count). The summed E-state index contributed by atoms with van der Waals surface area (Å²) in [6, 6.07) is 6.34.